The van der Waals surface area contributed by atoms with Crippen molar-refractivity contribution < 1.29 is 62.2 Å². The van der Waals surface area contributed by atoms with E-state index in [1.807, 2.05) is 0 Å². The van der Waals surface area contributed by atoms with Gasteiger partial charge in [-0.3, -0.25) is 24.7 Å². The zero-order valence-electron chi connectivity index (χ0n) is 33.7. The highest BCUT2D eigenvalue weighted by atomic mass is 79.9. The third-order valence-electron chi connectivity index (χ3n) is 7.69. The van der Waals surface area contributed by atoms with Gasteiger partial charge in [-0.05, 0) is 76.8 Å². The maximum atomic E-state index is 12.8. The molecule has 5 aromatic heterocycles. The van der Waals surface area contributed by atoms with Gasteiger partial charge in [0, 0.05) is 49.7 Å². The van der Waals surface area contributed by atoms with Crippen LogP contribution in [0.1, 0.15) is 68.7 Å². The molecule has 5 rings (SSSR count). The standard InChI is InChI=1S/C17H24F3NO2S.C10H6ClF3N4S.C6H3BrF3N.C6H4F3NS/c1-3-5-7-13(4-2)12-23-15(22)9-11-24-14-8-6-10-21-16(14)17(18,19)20;11-6-4-17-9(8(15)18-6)19-5-2-1-3-16-7(5)10(12,13)14;7-4-2-1-3-11-5(4)6(8,9)10;7-6(8,9)5-4(11)2-1-3-10-5/h6,8,10,13H,3-5,7,9,11-12H2,1-2H3;1-4H,(H2,15,18);1-3H;1-3,11H. The Kier molecular flexibility index (Phi) is 23.6. The second kappa shape index (κ2) is 26.9. The maximum Gasteiger partial charge on any atom is 0.434 e. The fourth-order valence-electron chi connectivity index (χ4n) is 4.59. The molecule has 1 unspecified atom stereocenters. The van der Waals surface area contributed by atoms with Crippen molar-refractivity contribution in [1.82, 2.24) is 29.9 Å². The van der Waals surface area contributed by atoms with Gasteiger partial charge in [0.2, 0.25) is 0 Å². The predicted octanol–water partition coefficient (Wildman–Crippen LogP) is 13.9. The lowest BCUT2D eigenvalue weighted by Gasteiger charge is -2.14. The van der Waals surface area contributed by atoms with Crippen LogP contribution >= 0.6 is 63.7 Å². The number of thiol groups is 1. The summed E-state index contributed by atoms with van der Waals surface area (Å²) in [4.78, 5) is 32.1. The molecule has 26 heteroatoms. The van der Waals surface area contributed by atoms with Crippen molar-refractivity contribution in [2.75, 3.05) is 18.1 Å². The summed E-state index contributed by atoms with van der Waals surface area (Å²) in [6.45, 7) is 4.56. The number of carbonyl (C=O) groups is 1. The molecule has 0 aliphatic carbocycles. The molecule has 5 aromatic rings. The van der Waals surface area contributed by atoms with E-state index in [0.717, 1.165) is 74.0 Å². The SMILES string of the molecule is CCCCC(CC)COC(=O)CCSc1cccnc1C(F)(F)F.FC(F)(F)c1ncccc1Br.FC(F)(F)c1ncccc1S.Nc1nc(Cl)cnc1Sc1cccnc1C(F)(F)F. The van der Waals surface area contributed by atoms with E-state index < -0.39 is 47.5 Å². The Labute approximate surface area is 392 Å². The third kappa shape index (κ3) is 21.0. The molecule has 0 aromatic carbocycles. The van der Waals surface area contributed by atoms with Crippen LogP contribution in [-0.4, -0.2) is 48.2 Å². The number of ether oxygens (including phenoxy) is 1. The number of pyridine rings is 4. The van der Waals surface area contributed by atoms with Crippen molar-refractivity contribution in [3.63, 3.8) is 0 Å². The Bertz CT molecular complexity index is 2190. The quantitative estimate of drug-likeness (QED) is 0.0536. The monoisotopic (exact) mass is 1070 g/mol. The topological polar surface area (TPSA) is 130 Å². The molecular weight excluding hydrogens is 1040 g/mol. The summed E-state index contributed by atoms with van der Waals surface area (Å²) >= 11 is 13.6. The van der Waals surface area contributed by atoms with Crippen LogP contribution in [0, 0.1) is 5.92 Å². The minimum Gasteiger partial charge on any atom is -0.465 e. The second-order valence-corrected chi connectivity index (χ2v) is 16.5. The molecule has 0 fully saturated rings. The highest BCUT2D eigenvalue weighted by Crippen LogP contribution is 2.39. The third-order valence-corrected chi connectivity index (χ3v) is 11.0. The fourth-order valence-corrected chi connectivity index (χ4v) is 7.33. The number of anilines is 1. The molecule has 5 heterocycles. The van der Waals surface area contributed by atoms with Crippen molar-refractivity contribution in [3.05, 3.63) is 112 Å². The van der Waals surface area contributed by atoms with Gasteiger partial charge >= 0.3 is 30.7 Å². The lowest BCUT2D eigenvalue weighted by molar-refractivity contribution is -0.145. The molecule has 0 aliphatic heterocycles. The first-order valence-corrected chi connectivity index (χ1v) is 21.9. The van der Waals surface area contributed by atoms with Crippen LogP contribution in [-0.2, 0) is 34.2 Å². The minimum atomic E-state index is -4.54. The molecule has 9 nitrogen and oxygen atoms in total. The number of unbranched alkanes of at least 4 members (excludes halogenated alkanes) is 1. The molecule has 0 amide bonds. The second-order valence-electron chi connectivity index (χ2n) is 12.6. The summed E-state index contributed by atoms with van der Waals surface area (Å²) < 4.78 is 154. The van der Waals surface area contributed by atoms with Gasteiger partial charge in [-0.1, -0.05) is 56.5 Å². The van der Waals surface area contributed by atoms with Crippen LogP contribution in [0.3, 0.4) is 0 Å². The zero-order chi connectivity index (χ0) is 49.0. The number of alkyl halides is 12. The number of nitrogen functional groups attached to an aromatic ring is 1. The number of esters is 1. The Hall–Kier alpha value is -4.07. The van der Waals surface area contributed by atoms with E-state index in [-0.39, 0.29) is 53.3 Å². The predicted molar refractivity (Wildman–Crippen MR) is 227 cm³/mol. The Balaban J connectivity index is 0.000000314. The highest BCUT2D eigenvalue weighted by Gasteiger charge is 2.37. The number of carbonyl (C=O) groups excluding carboxylic acids is 1. The molecule has 0 bridgehead atoms. The summed E-state index contributed by atoms with van der Waals surface area (Å²) in [6, 6.07) is 10.9. The summed E-state index contributed by atoms with van der Waals surface area (Å²) in [5.41, 5.74) is 1.82. The number of hydrogen-bond acceptors (Lipinski definition) is 12. The number of nitrogens with two attached hydrogens (primary N) is 1. The molecule has 0 aliphatic rings. The molecule has 0 saturated heterocycles. The average molecular weight is 1080 g/mol. The van der Waals surface area contributed by atoms with E-state index in [9.17, 15) is 57.5 Å². The van der Waals surface area contributed by atoms with Crippen molar-refractivity contribution >= 4 is 75.5 Å². The van der Waals surface area contributed by atoms with Crippen molar-refractivity contribution in [2.24, 2.45) is 5.92 Å². The van der Waals surface area contributed by atoms with Gasteiger partial charge in [0.25, 0.3) is 0 Å². The number of halogens is 14. The number of aromatic nitrogens is 6. The lowest BCUT2D eigenvalue weighted by Crippen LogP contribution is -2.14. The van der Waals surface area contributed by atoms with Gasteiger partial charge in [-0.2, -0.15) is 52.7 Å². The van der Waals surface area contributed by atoms with Crippen LogP contribution in [0.25, 0.3) is 0 Å². The Morgan fingerprint density at radius 3 is 1.71 bits per heavy atom. The number of nitrogens with zero attached hydrogens (tertiary/aromatic N) is 6. The highest BCUT2D eigenvalue weighted by molar-refractivity contribution is 9.10. The van der Waals surface area contributed by atoms with E-state index in [1.54, 1.807) is 0 Å². The van der Waals surface area contributed by atoms with E-state index in [1.165, 1.54) is 54.7 Å². The number of rotatable bonds is 12. The molecule has 0 spiro atoms. The Morgan fingerprint density at radius 2 is 1.25 bits per heavy atom. The Morgan fingerprint density at radius 1 is 0.754 bits per heavy atom. The fraction of sp³-hybridized carbons (Fsp3) is 0.359. The lowest BCUT2D eigenvalue weighted by atomic mass is 10.0. The largest absolute Gasteiger partial charge is 0.465 e. The van der Waals surface area contributed by atoms with Crippen molar-refractivity contribution in [1.29, 1.82) is 0 Å². The maximum absolute atomic E-state index is 12.8. The van der Waals surface area contributed by atoms with Crippen LogP contribution < -0.4 is 5.73 Å². The average Bonchev–Trinajstić information content (AvgIpc) is 3.22. The summed E-state index contributed by atoms with van der Waals surface area (Å²) in [5.74, 6) is 0.195. The normalized spacial score (nSPS) is 12.1. The first-order valence-electron chi connectivity index (χ1n) is 18.5. The zero-order valence-corrected chi connectivity index (χ0v) is 38.5. The molecular formula is C39H37BrClF12N7O2S3. The van der Waals surface area contributed by atoms with Crippen LogP contribution in [0.2, 0.25) is 5.15 Å². The first kappa shape index (κ1) is 57.1. The van der Waals surface area contributed by atoms with Gasteiger partial charge in [0.1, 0.15) is 10.2 Å². The molecule has 0 saturated carbocycles. The summed E-state index contributed by atoms with van der Waals surface area (Å²) in [7, 11) is 0. The van der Waals surface area contributed by atoms with Crippen LogP contribution in [0.5, 0.6) is 0 Å². The van der Waals surface area contributed by atoms with Crippen molar-refractivity contribution in [2.45, 2.75) is 90.4 Å². The van der Waals surface area contributed by atoms with E-state index >= 15 is 0 Å². The van der Waals surface area contributed by atoms with E-state index in [2.05, 4.69) is 72.3 Å². The van der Waals surface area contributed by atoms with Crippen LogP contribution in [0.15, 0.2) is 104 Å². The van der Waals surface area contributed by atoms with Gasteiger partial charge in [0.15, 0.2) is 28.6 Å². The smallest absolute Gasteiger partial charge is 0.434 e. The van der Waals surface area contributed by atoms with Crippen LogP contribution in [0.4, 0.5) is 58.5 Å². The molecule has 1 atom stereocenters. The summed E-state index contributed by atoms with van der Waals surface area (Å²) in [6.07, 6.45) is -7.95. The molecule has 356 valence electrons. The molecule has 0 radical (unpaired) electrons. The molecule has 2 N–H and O–H groups in total. The van der Waals surface area contributed by atoms with Gasteiger partial charge < -0.3 is 10.5 Å². The summed E-state index contributed by atoms with van der Waals surface area (Å²) in [5, 5.41) is 0.215. The first-order chi connectivity index (χ1) is 30.3. The van der Waals surface area contributed by atoms with Gasteiger partial charge in [0.05, 0.1) is 19.2 Å². The van der Waals surface area contributed by atoms with Crippen molar-refractivity contribution in [3.8, 4) is 0 Å². The number of thioether (sulfide) groups is 1. The van der Waals surface area contributed by atoms with E-state index in [0.29, 0.717) is 12.5 Å². The molecule has 65 heavy (non-hydrogen) atoms. The minimum absolute atomic E-state index is 0.0329. The van der Waals surface area contributed by atoms with E-state index in [4.69, 9.17) is 22.1 Å². The van der Waals surface area contributed by atoms with Gasteiger partial charge in [-0.15, -0.1) is 24.4 Å². The number of hydrogen-bond donors (Lipinski definition) is 2. The van der Waals surface area contributed by atoms with Gasteiger partial charge in [-0.25, -0.2) is 9.97 Å².